The SMILES string of the molecule is COC(=O)CCCOc1cccc(CC(CCCCCCO)C(=O)OC)c1. The van der Waals surface area contributed by atoms with Crippen molar-refractivity contribution in [3.8, 4) is 5.75 Å². The van der Waals surface area contributed by atoms with E-state index >= 15 is 0 Å². The fourth-order valence-corrected chi connectivity index (χ4v) is 2.88. The number of carbonyl (C=O) groups is 2. The van der Waals surface area contributed by atoms with Crippen molar-refractivity contribution in [1.29, 1.82) is 0 Å². The lowest BCUT2D eigenvalue weighted by Crippen LogP contribution is -2.19. The fourth-order valence-electron chi connectivity index (χ4n) is 2.88. The Labute approximate surface area is 161 Å². The van der Waals surface area contributed by atoms with E-state index in [0.717, 1.165) is 43.4 Å². The van der Waals surface area contributed by atoms with E-state index in [-0.39, 0.29) is 24.5 Å². The van der Waals surface area contributed by atoms with E-state index in [9.17, 15) is 9.59 Å². The number of esters is 2. The molecule has 0 saturated carbocycles. The summed E-state index contributed by atoms with van der Waals surface area (Å²) in [6.07, 6.45) is 6.00. The quantitative estimate of drug-likeness (QED) is 0.394. The van der Waals surface area contributed by atoms with Gasteiger partial charge < -0.3 is 19.3 Å². The number of aliphatic hydroxyl groups excluding tert-OH is 1. The zero-order chi connectivity index (χ0) is 19.9. The van der Waals surface area contributed by atoms with Gasteiger partial charge in [0.05, 0.1) is 26.7 Å². The Morgan fingerprint density at radius 2 is 1.81 bits per heavy atom. The van der Waals surface area contributed by atoms with Gasteiger partial charge in [0.15, 0.2) is 0 Å². The van der Waals surface area contributed by atoms with Gasteiger partial charge in [-0.2, -0.15) is 0 Å². The number of carbonyl (C=O) groups excluding carboxylic acids is 2. The topological polar surface area (TPSA) is 82.1 Å². The zero-order valence-corrected chi connectivity index (χ0v) is 16.4. The van der Waals surface area contributed by atoms with E-state index in [2.05, 4.69) is 4.74 Å². The normalized spacial score (nSPS) is 11.7. The van der Waals surface area contributed by atoms with Crippen LogP contribution in [0, 0.1) is 5.92 Å². The molecule has 1 rings (SSSR count). The van der Waals surface area contributed by atoms with Crippen molar-refractivity contribution in [1.82, 2.24) is 0 Å². The highest BCUT2D eigenvalue weighted by Crippen LogP contribution is 2.21. The Morgan fingerprint density at radius 1 is 1.04 bits per heavy atom. The number of rotatable bonds is 14. The summed E-state index contributed by atoms with van der Waals surface area (Å²) >= 11 is 0. The monoisotopic (exact) mass is 380 g/mol. The largest absolute Gasteiger partial charge is 0.494 e. The molecule has 0 aliphatic heterocycles. The minimum absolute atomic E-state index is 0.182. The highest BCUT2D eigenvalue weighted by atomic mass is 16.5. The third kappa shape index (κ3) is 9.99. The lowest BCUT2D eigenvalue weighted by atomic mass is 9.93. The first kappa shape index (κ1) is 23.0. The van der Waals surface area contributed by atoms with Crippen LogP contribution in [0.4, 0.5) is 0 Å². The summed E-state index contributed by atoms with van der Waals surface area (Å²) in [6.45, 7) is 0.649. The minimum Gasteiger partial charge on any atom is -0.494 e. The molecule has 27 heavy (non-hydrogen) atoms. The second kappa shape index (κ2) is 14.0. The maximum Gasteiger partial charge on any atom is 0.308 e. The van der Waals surface area contributed by atoms with Crippen LogP contribution in [-0.2, 0) is 25.5 Å². The van der Waals surface area contributed by atoms with Crippen molar-refractivity contribution < 1.29 is 28.9 Å². The molecule has 0 fully saturated rings. The lowest BCUT2D eigenvalue weighted by Gasteiger charge is -2.15. The molecule has 0 aromatic heterocycles. The Bertz CT molecular complexity index is 557. The minimum atomic E-state index is -0.243. The van der Waals surface area contributed by atoms with Gasteiger partial charge >= 0.3 is 11.9 Å². The molecule has 0 bridgehead atoms. The first-order valence-electron chi connectivity index (χ1n) is 9.58. The number of hydrogen-bond acceptors (Lipinski definition) is 6. The summed E-state index contributed by atoms with van der Waals surface area (Å²) in [4.78, 5) is 23.2. The standard InChI is InChI=1S/C21H32O6/c1-25-20(23)12-8-14-27-19-11-7-9-17(16-19)15-18(21(24)26-2)10-5-3-4-6-13-22/h7,9,11,16,18,22H,3-6,8,10,12-15H2,1-2H3. The molecule has 152 valence electrons. The summed E-state index contributed by atoms with van der Waals surface area (Å²) in [5.74, 6) is 0.108. The third-order valence-corrected chi connectivity index (χ3v) is 4.40. The van der Waals surface area contributed by atoms with E-state index in [1.807, 2.05) is 24.3 Å². The highest BCUT2D eigenvalue weighted by Gasteiger charge is 2.19. The van der Waals surface area contributed by atoms with Crippen molar-refractivity contribution in [2.75, 3.05) is 27.4 Å². The van der Waals surface area contributed by atoms with Crippen molar-refractivity contribution in [2.45, 2.75) is 51.4 Å². The first-order valence-corrected chi connectivity index (χ1v) is 9.58. The molecule has 0 heterocycles. The van der Waals surface area contributed by atoms with Crippen molar-refractivity contribution in [2.24, 2.45) is 5.92 Å². The summed E-state index contributed by atoms with van der Waals surface area (Å²) < 4.78 is 15.2. The molecule has 6 nitrogen and oxygen atoms in total. The molecule has 0 aliphatic carbocycles. The van der Waals surface area contributed by atoms with Gasteiger partial charge in [-0.15, -0.1) is 0 Å². The molecule has 1 unspecified atom stereocenters. The molecule has 1 aromatic carbocycles. The predicted octanol–water partition coefficient (Wildman–Crippen LogP) is 3.29. The number of aliphatic hydroxyl groups is 1. The Kier molecular flexibility index (Phi) is 11.9. The van der Waals surface area contributed by atoms with Gasteiger partial charge in [0.25, 0.3) is 0 Å². The van der Waals surface area contributed by atoms with Gasteiger partial charge in [-0.25, -0.2) is 0 Å². The Balaban J connectivity index is 2.52. The molecular formula is C21H32O6. The van der Waals surface area contributed by atoms with Gasteiger partial charge in [0, 0.05) is 13.0 Å². The molecule has 1 aromatic rings. The second-order valence-electron chi connectivity index (χ2n) is 6.53. The van der Waals surface area contributed by atoms with E-state index in [4.69, 9.17) is 14.6 Å². The number of hydrogen-bond donors (Lipinski definition) is 1. The molecule has 0 spiro atoms. The molecular weight excluding hydrogens is 348 g/mol. The van der Waals surface area contributed by atoms with Crippen LogP contribution >= 0.6 is 0 Å². The number of ether oxygens (including phenoxy) is 3. The zero-order valence-electron chi connectivity index (χ0n) is 16.4. The highest BCUT2D eigenvalue weighted by molar-refractivity contribution is 5.72. The molecule has 1 atom stereocenters. The van der Waals surface area contributed by atoms with Gasteiger partial charge in [-0.1, -0.05) is 31.4 Å². The fraction of sp³-hybridized carbons (Fsp3) is 0.619. The molecule has 0 radical (unpaired) electrons. The summed E-state index contributed by atoms with van der Waals surface area (Å²) in [5, 5.41) is 8.83. The maximum absolute atomic E-state index is 12.1. The first-order chi connectivity index (χ1) is 13.1. The smallest absolute Gasteiger partial charge is 0.308 e. The average Bonchev–Trinajstić information content (AvgIpc) is 2.69. The van der Waals surface area contributed by atoms with Crippen LogP contribution in [0.25, 0.3) is 0 Å². The summed E-state index contributed by atoms with van der Waals surface area (Å²) in [6, 6.07) is 7.67. The molecule has 1 N–H and O–H groups in total. The van der Waals surface area contributed by atoms with E-state index in [1.165, 1.54) is 14.2 Å². The summed E-state index contributed by atoms with van der Waals surface area (Å²) in [5.41, 5.74) is 1.02. The molecule has 0 aliphatic rings. The molecule has 6 heteroatoms. The maximum atomic E-state index is 12.1. The van der Waals surface area contributed by atoms with Gasteiger partial charge in [-0.3, -0.25) is 9.59 Å². The van der Waals surface area contributed by atoms with Crippen LogP contribution in [0.1, 0.15) is 50.5 Å². The number of unbranched alkanes of at least 4 members (excludes halogenated alkanes) is 3. The van der Waals surface area contributed by atoms with Crippen molar-refractivity contribution in [3.63, 3.8) is 0 Å². The second-order valence-corrected chi connectivity index (χ2v) is 6.53. The van der Waals surface area contributed by atoms with E-state index in [1.54, 1.807) is 0 Å². The van der Waals surface area contributed by atoms with Crippen molar-refractivity contribution >= 4 is 11.9 Å². The van der Waals surface area contributed by atoms with Crippen LogP contribution in [0.5, 0.6) is 5.75 Å². The van der Waals surface area contributed by atoms with Crippen LogP contribution in [0.15, 0.2) is 24.3 Å². The van der Waals surface area contributed by atoms with Crippen LogP contribution < -0.4 is 4.74 Å². The molecule has 0 amide bonds. The predicted molar refractivity (Wildman–Crippen MR) is 103 cm³/mol. The summed E-state index contributed by atoms with van der Waals surface area (Å²) in [7, 11) is 2.79. The third-order valence-electron chi connectivity index (χ3n) is 4.40. The Morgan fingerprint density at radius 3 is 2.52 bits per heavy atom. The van der Waals surface area contributed by atoms with Gasteiger partial charge in [0.2, 0.25) is 0 Å². The lowest BCUT2D eigenvalue weighted by molar-refractivity contribution is -0.145. The van der Waals surface area contributed by atoms with Gasteiger partial charge in [0.1, 0.15) is 5.75 Å². The number of benzene rings is 1. The number of methoxy groups -OCH3 is 2. The Hall–Kier alpha value is -2.08. The van der Waals surface area contributed by atoms with Crippen LogP contribution in [0.3, 0.4) is 0 Å². The van der Waals surface area contributed by atoms with Crippen LogP contribution in [0.2, 0.25) is 0 Å². The molecule has 0 saturated heterocycles. The van der Waals surface area contributed by atoms with Crippen LogP contribution in [-0.4, -0.2) is 44.5 Å². The van der Waals surface area contributed by atoms with Crippen molar-refractivity contribution in [3.05, 3.63) is 29.8 Å². The average molecular weight is 380 g/mol. The van der Waals surface area contributed by atoms with E-state index in [0.29, 0.717) is 25.9 Å². The van der Waals surface area contributed by atoms with E-state index < -0.39 is 0 Å². The van der Waals surface area contributed by atoms with Gasteiger partial charge in [-0.05, 0) is 43.4 Å².